The van der Waals surface area contributed by atoms with Crippen LogP contribution in [0.1, 0.15) is 18.1 Å². The van der Waals surface area contributed by atoms with Crippen molar-refractivity contribution in [3.8, 4) is 11.3 Å². The zero-order valence-electron chi connectivity index (χ0n) is 10.4. The second kappa shape index (κ2) is 4.33. The number of carbonyl (C=O) groups excluding carboxylic acids is 1. The molecule has 1 aromatic carbocycles. The predicted molar refractivity (Wildman–Crippen MR) is 71.4 cm³/mol. The second-order valence-corrected chi connectivity index (χ2v) is 4.70. The first-order valence-corrected chi connectivity index (χ1v) is 6.26. The molecule has 3 nitrogen and oxygen atoms in total. The number of benzene rings is 1. The molecule has 0 aliphatic heterocycles. The third kappa shape index (κ3) is 1.82. The highest BCUT2D eigenvalue weighted by atomic mass is 16.1. The van der Waals surface area contributed by atoms with Crippen molar-refractivity contribution >= 4 is 5.91 Å². The van der Waals surface area contributed by atoms with Crippen LogP contribution in [0.2, 0.25) is 0 Å². The molecule has 0 spiro atoms. The minimum Gasteiger partial charge on any atom is -0.355 e. The summed E-state index contributed by atoms with van der Waals surface area (Å²) in [6, 6.07) is 10.7. The van der Waals surface area contributed by atoms with Gasteiger partial charge in [0.25, 0.3) is 0 Å². The molecule has 1 amide bonds. The van der Waals surface area contributed by atoms with Gasteiger partial charge in [-0.2, -0.15) is 0 Å². The lowest BCUT2D eigenvalue weighted by Crippen LogP contribution is -2.24. The molecular formula is C15H16N2O. The molecular weight excluding hydrogens is 224 g/mol. The number of hydrogen-bond acceptors (Lipinski definition) is 1. The largest absolute Gasteiger partial charge is 0.355 e. The van der Waals surface area contributed by atoms with Crippen LogP contribution in [0.5, 0.6) is 0 Å². The van der Waals surface area contributed by atoms with Crippen molar-refractivity contribution in [3.63, 3.8) is 0 Å². The smallest absolute Gasteiger partial charge is 0.216 e. The van der Waals surface area contributed by atoms with E-state index in [4.69, 9.17) is 0 Å². The molecule has 1 aliphatic rings. The fourth-order valence-electron chi connectivity index (χ4n) is 2.64. The van der Waals surface area contributed by atoms with E-state index in [2.05, 4.69) is 46.4 Å². The molecule has 0 saturated carbocycles. The molecule has 3 rings (SSSR count). The minimum absolute atomic E-state index is 0.0270. The molecule has 18 heavy (non-hydrogen) atoms. The molecule has 2 aromatic rings. The zero-order valence-corrected chi connectivity index (χ0v) is 10.4. The molecule has 1 heterocycles. The number of fused-ring (bicyclic) bond motifs is 3. The summed E-state index contributed by atoms with van der Waals surface area (Å²) in [5.41, 5.74) is 5.44. The van der Waals surface area contributed by atoms with Crippen molar-refractivity contribution in [2.45, 2.75) is 19.9 Å². The van der Waals surface area contributed by atoms with E-state index in [1.165, 1.54) is 22.4 Å². The van der Waals surface area contributed by atoms with Crippen LogP contribution < -0.4 is 5.32 Å². The Kier molecular flexibility index (Phi) is 2.67. The molecule has 92 valence electrons. The molecule has 1 N–H and O–H groups in total. The lowest BCUT2D eigenvalue weighted by Gasteiger charge is -2.09. The van der Waals surface area contributed by atoms with E-state index in [1.54, 1.807) is 6.92 Å². The van der Waals surface area contributed by atoms with Crippen LogP contribution in [0.15, 0.2) is 36.5 Å². The summed E-state index contributed by atoms with van der Waals surface area (Å²) in [7, 11) is 0. The third-order valence-corrected chi connectivity index (χ3v) is 3.43. The monoisotopic (exact) mass is 240 g/mol. The maximum absolute atomic E-state index is 10.9. The van der Waals surface area contributed by atoms with Gasteiger partial charge >= 0.3 is 0 Å². The Morgan fingerprint density at radius 3 is 2.94 bits per heavy atom. The predicted octanol–water partition coefficient (Wildman–Crippen LogP) is 2.20. The van der Waals surface area contributed by atoms with Crippen LogP contribution in [0.3, 0.4) is 0 Å². The van der Waals surface area contributed by atoms with Gasteiger partial charge in [0, 0.05) is 38.2 Å². The molecule has 0 saturated heterocycles. The van der Waals surface area contributed by atoms with Crippen LogP contribution in [-0.2, 0) is 17.8 Å². The number of rotatable bonds is 3. The quantitative estimate of drug-likeness (QED) is 0.748. The standard InChI is InChI=1S/C15H16N2O/c1-11(18)16-7-9-17-8-6-13-10-12-4-2-3-5-14(12)15(13)17/h2-6,8H,7,9-10H2,1H3,(H,16,18). The normalized spacial score (nSPS) is 12.1. The van der Waals surface area contributed by atoms with Gasteiger partial charge in [0.2, 0.25) is 5.91 Å². The van der Waals surface area contributed by atoms with Crippen LogP contribution >= 0.6 is 0 Å². The SMILES string of the molecule is CC(=O)NCCn1ccc2c1-c1ccccc1C2. The first-order valence-electron chi connectivity index (χ1n) is 6.26. The molecule has 0 radical (unpaired) electrons. The Morgan fingerprint density at radius 2 is 2.11 bits per heavy atom. The van der Waals surface area contributed by atoms with Crippen LogP contribution in [0, 0.1) is 0 Å². The van der Waals surface area contributed by atoms with Gasteiger partial charge in [0.1, 0.15) is 0 Å². The van der Waals surface area contributed by atoms with Crippen LogP contribution in [-0.4, -0.2) is 17.0 Å². The van der Waals surface area contributed by atoms with Gasteiger partial charge < -0.3 is 9.88 Å². The highest BCUT2D eigenvalue weighted by molar-refractivity contribution is 5.74. The van der Waals surface area contributed by atoms with Gasteiger partial charge in [-0.05, 0) is 17.2 Å². The van der Waals surface area contributed by atoms with Gasteiger partial charge in [0.05, 0.1) is 5.69 Å². The van der Waals surface area contributed by atoms with Crippen molar-refractivity contribution in [2.24, 2.45) is 0 Å². The van der Waals surface area contributed by atoms with E-state index in [0.717, 1.165) is 13.0 Å². The van der Waals surface area contributed by atoms with Gasteiger partial charge in [-0.25, -0.2) is 0 Å². The Hall–Kier alpha value is -2.03. The molecule has 0 fully saturated rings. The number of hydrogen-bond donors (Lipinski definition) is 1. The molecule has 0 atom stereocenters. The molecule has 3 heteroatoms. The lowest BCUT2D eigenvalue weighted by molar-refractivity contribution is -0.118. The van der Waals surface area contributed by atoms with Crippen molar-refractivity contribution in [1.29, 1.82) is 0 Å². The fourth-order valence-corrected chi connectivity index (χ4v) is 2.64. The summed E-state index contributed by atoms with van der Waals surface area (Å²) in [6.07, 6.45) is 3.14. The summed E-state index contributed by atoms with van der Waals surface area (Å²) in [6.45, 7) is 3.05. The number of nitrogens with one attached hydrogen (secondary N) is 1. The summed E-state index contributed by atoms with van der Waals surface area (Å²) < 4.78 is 2.23. The Balaban J connectivity index is 1.86. The maximum atomic E-state index is 10.9. The maximum Gasteiger partial charge on any atom is 0.216 e. The van der Waals surface area contributed by atoms with Crippen LogP contribution in [0.25, 0.3) is 11.3 Å². The van der Waals surface area contributed by atoms with E-state index in [9.17, 15) is 4.79 Å². The fraction of sp³-hybridized carbons (Fsp3) is 0.267. The highest BCUT2D eigenvalue weighted by Gasteiger charge is 2.21. The second-order valence-electron chi connectivity index (χ2n) is 4.70. The zero-order chi connectivity index (χ0) is 12.5. The average molecular weight is 240 g/mol. The van der Waals surface area contributed by atoms with Crippen molar-refractivity contribution in [2.75, 3.05) is 6.54 Å². The average Bonchev–Trinajstić information content (AvgIpc) is 2.88. The summed E-state index contributed by atoms with van der Waals surface area (Å²) in [5, 5.41) is 2.84. The van der Waals surface area contributed by atoms with E-state index in [1.807, 2.05) is 0 Å². The van der Waals surface area contributed by atoms with Crippen molar-refractivity contribution in [3.05, 3.63) is 47.7 Å². The molecule has 0 unspecified atom stereocenters. The number of aromatic nitrogens is 1. The number of carbonyl (C=O) groups is 1. The van der Waals surface area contributed by atoms with Crippen LogP contribution in [0.4, 0.5) is 0 Å². The molecule has 0 bridgehead atoms. The van der Waals surface area contributed by atoms with E-state index in [0.29, 0.717) is 6.54 Å². The van der Waals surface area contributed by atoms with Crippen molar-refractivity contribution < 1.29 is 4.79 Å². The molecule has 1 aromatic heterocycles. The first kappa shape index (κ1) is 11.1. The number of nitrogens with zero attached hydrogens (tertiary/aromatic N) is 1. The Morgan fingerprint density at radius 1 is 1.28 bits per heavy atom. The summed E-state index contributed by atoms with van der Waals surface area (Å²) in [4.78, 5) is 10.9. The van der Waals surface area contributed by atoms with E-state index < -0.39 is 0 Å². The highest BCUT2D eigenvalue weighted by Crippen LogP contribution is 2.36. The topological polar surface area (TPSA) is 34.0 Å². The van der Waals surface area contributed by atoms with Gasteiger partial charge in [-0.15, -0.1) is 0 Å². The van der Waals surface area contributed by atoms with Crippen molar-refractivity contribution in [1.82, 2.24) is 9.88 Å². The van der Waals surface area contributed by atoms with Gasteiger partial charge in [-0.3, -0.25) is 4.79 Å². The minimum atomic E-state index is 0.0270. The summed E-state index contributed by atoms with van der Waals surface area (Å²) in [5.74, 6) is 0.0270. The van der Waals surface area contributed by atoms with Gasteiger partial charge in [0.15, 0.2) is 0 Å². The van der Waals surface area contributed by atoms with Gasteiger partial charge in [-0.1, -0.05) is 24.3 Å². The third-order valence-electron chi connectivity index (χ3n) is 3.43. The first-order chi connectivity index (χ1) is 8.75. The lowest BCUT2D eigenvalue weighted by atomic mass is 10.1. The number of amides is 1. The molecule has 1 aliphatic carbocycles. The van der Waals surface area contributed by atoms with E-state index in [-0.39, 0.29) is 5.91 Å². The Labute approximate surface area is 106 Å². The Bertz CT molecular complexity index is 598. The summed E-state index contributed by atoms with van der Waals surface area (Å²) >= 11 is 0. The van der Waals surface area contributed by atoms with E-state index >= 15 is 0 Å².